The van der Waals surface area contributed by atoms with Gasteiger partial charge in [0.25, 0.3) is 11.8 Å². The minimum atomic E-state index is -0.123. The van der Waals surface area contributed by atoms with E-state index in [0.29, 0.717) is 16.2 Å². The Labute approximate surface area is 168 Å². The fourth-order valence-corrected chi connectivity index (χ4v) is 4.60. The molecule has 0 unspecified atom stereocenters. The van der Waals surface area contributed by atoms with Gasteiger partial charge in [0.2, 0.25) is 0 Å². The predicted octanol–water partition coefficient (Wildman–Crippen LogP) is 5.19. The lowest BCUT2D eigenvalue weighted by atomic mass is 10.1. The van der Waals surface area contributed by atoms with Crippen LogP contribution >= 0.6 is 11.3 Å². The van der Waals surface area contributed by atoms with E-state index in [-0.39, 0.29) is 17.9 Å². The fourth-order valence-electron chi connectivity index (χ4n) is 3.55. The van der Waals surface area contributed by atoms with Crippen molar-refractivity contribution < 1.29 is 14.0 Å². The third kappa shape index (κ3) is 3.60. The van der Waals surface area contributed by atoms with Crippen LogP contribution in [0.3, 0.4) is 0 Å². The van der Waals surface area contributed by atoms with E-state index in [9.17, 15) is 9.59 Å². The number of nitrogens with zero attached hydrogens (tertiary/aromatic N) is 1. The van der Waals surface area contributed by atoms with Crippen LogP contribution in [-0.2, 0) is 0 Å². The molecule has 0 bridgehead atoms. The van der Waals surface area contributed by atoms with Crippen LogP contribution in [0.25, 0.3) is 0 Å². The Balaban J connectivity index is 1.50. The van der Waals surface area contributed by atoms with Gasteiger partial charge in [-0.2, -0.15) is 0 Å². The number of thiophene rings is 1. The van der Waals surface area contributed by atoms with Crippen molar-refractivity contribution in [1.29, 1.82) is 0 Å². The minimum absolute atomic E-state index is 0.00666. The highest BCUT2D eigenvalue weighted by Crippen LogP contribution is 2.37. The highest BCUT2D eigenvalue weighted by molar-refractivity contribution is 7.14. The van der Waals surface area contributed by atoms with Gasteiger partial charge in [0, 0.05) is 17.1 Å². The van der Waals surface area contributed by atoms with Crippen molar-refractivity contribution in [3.63, 3.8) is 0 Å². The summed E-state index contributed by atoms with van der Waals surface area (Å²) in [6.45, 7) is 4.53. The molecular weight excluding hydrogens is 372 g/mol. The van der Waals surface area contributed by atoms with E-state index in [4.69, 9.17) is 4.42 Å². The third-order valence-corrected chi connectivity index (χ3v) is 6.28. The lowest BCUT2D eigenvalue weighted by Gasteiger charge is -2.23. The summed E-state index contributed by atoms with van der Waals surface area (Å²) in [7, 11) is 0. The van der Waals surface area contributed by atoms with E-state index in [1.165, 1.54) is 11.3 Å². The van der Waals surface area contributed by atoms with Crippen LogP contribution in [-0.4, -0.2) is 23.3 Å². The zero-order valence-corrected chi connectivity index (χ0v) is 16.7. The van der Waals surface area contributed by atoms with Gasteiger partial charge < -0.3 is 14.6 Å². The minimum Gasteiger partial charge on any atom is -0.469 e. The van der Waals surface area contributed by atoms with Gasteiger partial charge in [-0.1, -0.05) is 17.7 Å². The number of aryl methyl sites for hydroxylation is 2. The normalized spacial score (nSPS) is 16.4. The standard InChI is InChI=1S/C22H22N2O3S/c1-14-5-7-16(8-6-14)23-21(25)20-10-9-19(28-20)18-4-3-12-24(18)22(26)17-11-13-27-15(17)2/h5-11,13,18H,3-4,12H2,1-2H3,(H,23,25)/t18-/m1/s1. The third-order valence-electron chi connectivity index (χ3n) is 5.09. The molecule has 0 aliphatic carbocycles. The highest BCUT2D eigenvalue weighted by atomic mass is 32.1. The molecule has 1 saturated heterocycles. The molecule has 1 fully saturated rings. The first kappa shape index (κ1) is 18.5. The molecule has 1 aliphatic heterocycles. The van der Waals surface area contributed by atoms with E-state index in [0.717, 1.165) is 35.5 Å². The van der Waals surface area contributed by atoms with E-state index < -0.39 is 0 Å². The molecule has 3 heterocycles. The van der Waals surface area contributed by atoms with Crippen molar-refractivity contribution in [2.24, 2.45) is 0 Å². The van der Waals surface area contributed by atoms with Gasteiger partial charge in [0.05, 0.1) is 22.7 Å². The fraction of sp³-hybridized carbons (Fsp3) is 0.273. The molecule has 4 rings (SSSR count). The Morgan fingerprint density at radius 3 is 2.61 bits per heavy atom. The van der Waals surface area contributed by atoms with Crippen LogP contribution in [0.4, 0.5) is 5.69 Å². The SMILES string of the molecule is Cc1ccc(NC(=O)c2ccc([C@H]3CCCN3C(=O)c3ccoc3C)s2)cc1. The van der Waals surface area contributed by atoms with E-state index >= 15 is 0 Å². The molecule has 0 saturated carbocycles. The molecule has 5 nitrogen and oxygen atoms in total. The second kappa shape index (κ2) is 7.64. The van der Waals surface area contributed by atoms with Gasteiger partial charge in [-0.25, -0.2) is 0 Å². The van der Waals surface area contributed by atoms with Crippen molar-refractivity contribution in [3.8, 4) is 0 Å². The molecule has 2 amide bonds. The second-order valence-electron chi connectivity index (χ2n) is 7.07. The summed E-state index contributed by atoms with van der Waals surface area (Å²) >= 11 is 1.45. The lowest BCUT2D eigenvalue weighted by Crippen LogP contribution is -2.30. The average molecular weight is 394 g/mol. The summed E-state index contributed by atoms with van der Waals surface area (Å²) < 4.78 is 5.29. The van der Waals surface area contributed by atoms with Crippen LogP contribution in [0.2, 0.25) is 0 Å². The number of likely N-dealkylation sites (tertiary alicyclic amines) is 1. The van der Waals surface area contributed by atoms with E-state index in [1.54, 1.807) is 19.3 Å². The van der Waals surface area contributed by atoms with Crippen molar-refractivity contribution in [2.45, 2.75) is 32.7 Å². The van der Waals surface area contributed by atoms with Crippen molar-refractivity contribution in [1.82, 2.24) is 4.90 Å². The molecule has 6 heteroatoms. The Morgan fingerprint density at radius 2 is 1.89 bits per heavy atom. The summed E-state index contributed by atoms with van der Waals surface area (Å²) in [5.41, 5.74) is 2.54. The molecular formula is C22H22N2O3S. The van der Waals surface area contributed by atoms with Crippen LogP contribution in [0, 0.1) is 13.8 Å². The molecule has 2 aromatic heterocycles. The molecule has 1 aromatic carbocycles. The Bertz CT molecular complexity index is 1000. The quantitative estimate of drug-likeness (QED) is 0.662. The number of rotatable bonds is 4. The summed E-state index contributed by atoms with van der Waals surface area (Å²) in [5, 5.41) is 2.93. The van der Waals surface area contributed by atoms with Gasteiger partial charge in [-0.3, -0.25) is 9.59 Å². The number of nitrogens with one attached hydrogen (secondary N) is 1. The topological polar surface area (TPSA) is 62.6 Å². The number of anilines is 1. The lowest BCUT2D eigenvalue weighted by molar-refractivity contribution is 0.0736. The number of hydrogen-bond acceptors (Lipinski definition) is 4. The van der Waals surface area contributed by atoms with E-state index in [2.05, 4.69) is 5.32 Å². The van der Waals surface area contributed by atoms with Crippen LogP contribution in [0.1, 0.15) is 55.1 Å². The van der Waals surface area contributed by atoms with Crippen LogP contribution in [0.5, 0.6) is 0 Å². The number of amides is 2. The smallest absolute Gasteiger partial charge is 0.265 e. The summed E-state index contributed by atoms with van der Waals surface area (Å²) in [4.78, 5) is 29.1. The van der Waals surface area contributed by atoms with Gasteiger partial charge in [0.15, 0.2) is 0 Å². The van der Waals surface area contributed by atoms with Gasteiger partial charge >= 0.3 is 0 Å². The predicted molar refractivity (Wildman–Crippen MR) is 110 cm³/mol. The maximum Gasteiger partial charge on any atom is 0.265 e. The molecule has 3 aromatic rings. The first-order chi connectivity index (χ1) is 13.5. The van der Waals surface area contributed by atoms with Gasteiger partial charge in [-0.15, -0.1) is 11.3 Å². The largest absolute Gasteiger partial charge is 0.469 e. The number of benzene rings is 1. The van der Waals surface area contributed by atoms with Gasteiger partial charge in [-0.05, 0) is 57.0 Å². The number of hydrogen-bond donors (Lipinski definition) is 1. The number of carbonyl (C=O) groups excluding carboxylic acids is 2. The van der Waals surface area contributed by atoms with Crippen LogP contribution in [0.15, 0.2) is 53.1 Å². The summed E-state index contributed by atoms with van der Waals surface area (Å²) in [5.74, 6) is 0.509. The maximum atomic E-state index is 12.9. The Morgan fingerprint density at radius 1 is 1.11 bits per heavy atom. The van der Waals surface area contributed by atoms with Crippen molar-refractivity contribution >= 4 is 28.8 Å². The number of furan rings is 1. The zero-order chi connectivity index (χ0) is 19.7. The van der Waals surface area contributed by atoms with Crippen molar-refractivity contribution in [2.75, 3.05) is 11.9 Å². The Hall–Kier alpha value is -2.86. The second-order valence-corrected chi connectivity index (χ2v) is 8.18. The maximum absolute atomic E-state index is 12.9. The zero-order valence-electron chi connectivity index (χ0n) is 15.9. The highest BCUT2D eigenvalue weighted by Gasteiger charge is 2.33. The summed E-state index contributed by atoms with van der Waals surface area (Å²) in [6.07, 6.45) is 3.41. The summed E-state index contributed by atoms with van der Waals surface area (Å²) in [6, 6.07) is 13.3. The first-order valence-electron chi connectivity index (χ1n) is 9.36. The van der Waals surface area contributed by atoms with E-state index in [1.807, 2.05) is 48.2 Å². The molecule has 0 spiro atoms. The monoisotopic (exact) mass is 394 g/mol. The molecule has 1 N–H and O–H groups in total. The van der Waals surface area contributed by atoms with Crippen molar-refractivity contribution in [3.05, 3.63) is 75.4 Å². The number of carbonyl (C=O) groups is 2. The first-order valence-corrected chi connectivity index (χ1v) is 10.2. The van der Waals surface area contributed by atoms with Crippen LogP contribution < -0.4 is 5.32 Å². The van der Waals surface area contributed by atoms with Gasteiger partial charge in [0.1, 0.15) is 5.76 Å². The molecule has 144 valence electrons. The molecule has 1 aliphatic rings. The Kier molecular flexibility index (Phi) is 5.05. The molecule has 28 heavy (non-hydrogen) atoms. The molecule has 0 radical (unpaired) electrons. The molecule has 1 atom stereocenters. The average Bonchev–Trinajstić information content (AvgIpc) is 3.42.